The van der Waals surface area contributed by atoms with Gasteiger partial charge in [-0.1, -0.05) is 23.7 Å². The van der Waals surface area contributed by atoms with Gasteiger partial charge in [-0.05, 0) is 36.8 Å². The predicted molar refractivity (Wildman–Crippen MR) is 80.9 cm³/mol. The van der Waals surface area contributed by atoms with Crippen molar-refractivity contribution >= 4 is 23.0 Å². The summed E-state index contributed by atoms with van der Waals surface area (Å²) in [7, 11) is 1.62. The van der Waals surface area contributed by atoms with Gasteiger partial charge in [0.25, 0.3) is 0 Å². The number of nitrogens with one attached hydrogen (secondary N) is 1. The Morgan fingerprint density at radius 2 is 2.00 bits per heavy atom. The van der Waals surface area contributed by atoms with Crippen LogP contribution in [0.2, 0.25) is 5.02 Å². The smallest absolute Gasteiger partial charge is 0.121 e. The first-order valence-electron chi connectivity index (χ1n) is 6.05. The van der Waals surface area contributed by atoms with Crippen molar-refractivity contribution in [2.45, 2.75) is 13.0 Å². The summed E-state index contributed by atoms with van der Waals surface area (Å²) in [5.74, 6) is 0.749. The van der Waals surface area contributed by atoms with E-state index in [0.29, 0.717) is 5.69 Å². The number of methoxy groups -OCH3 is 1. The van der Waals surface area contributed by atoms with Crippen LogP contribution >= 0.6 is 11.6 Å². The molecule has 0 saturated heterocycles. The second kappa shape index (κ2) is 5.85. The highest BCUT2D eigenvalue weighted by Gasteiger charge is 2.08. The maximum atomic E-state index is 5.99. The van der Waals surface area contributed by atoms with E-state index in [1.165, 1.54) is 0 Å². The van der Waals surface area contributed by atoms with E-state index >= 15 is 0 Å². The molecule has 2 rings (SSSR count). The normalized spacial score (nSPS) is 11.9. The molecule has 0 bridgehead atoms. The first-order chi connectivity index (χ1) is 9.10. The van der Waals surface area contributed by atoms with Gasteiger partial charge in [0, 0.05) is 17.1 Å². The molecule has 2 aromatic carbocycles. The molecule has 0 aliphatic heterocycles. The molecular weight excluding hydrogens is 260 g/mol. The SMILES string of the molecule is COc1ccc(NC(C)c2cccc(Cl)c2)c(N)c1. The van der Waals surface area contributed by atoms with E-state index < -0.39 is 0 Å². The lowest BCUT2D eigenvalue weighted by Crippen LogP contribution is -2.08. The Kier molecular flexibility index (Phi) is 4.17. The molecule has 100 valence electrons. The van der Waals surface area contributed by atoms with Crippen molar-refractivity contribution in [3.63, 3.8) is 0 Å². The first kappa shape index (κ1) is 13.6. The highest BCUT2D eigenvalue weighted by molar-refractivity contribution is 6.30. The number of nitrogen functional groups attached to an aromatic ring is 1. The Morgan fingerprint density at radius 1 is 1.21 bits per heavy atom. The predicted octanol–water partition coefficient (Wildman–Crippen LogP) is 4.10. The molecule has 0 aromatic heterocycles. The third-order valence-electron chi connectivity index (χ3n) is 2.98. The fourth-order valence-corrected chi connectivity index (χ4v) is 2.09. The van der Waals surface area contributed by atoms with Crippen LogP contribution in [0, 0.1) is 0 Å². The largest absolute Gasteiger partial charge is 0.497 e. The van der Waals surface area contributed by atoms with Gasteiger partial charge in [-0.3, -0.25) is 0 Å². The summed E-state index contributed by atoms with van der Waals surface area (Å²) in [6.45, 7) is 2.06. The van der Waals surface area contributed by atoms with E-state index in [-0.39, 0.29) is 6.04 Å². The van der Waals surface area contributed by atoms with Gasteiger partial charge in [0.05, 0.1) is 18.5 Å². The standard InChI is InChI=1S/C15H17ClN2O/c1-10(11-4-3-5-12(16)8-11)18-15-7-6-13(19-2)9-14(15)17/h3-10,18H,17H2,1-2H3. The molecule has 2 aromatic rings. The molecule has 0 heterocycles. The number of hydrogen-bond acceptors (Lipinski definition) is 3. The topological polar surface area (TPSA) is 47.3 Å². The molecule has 0 fully saturated rings. The van der Waals surface area contributed by atoms with Gasteiger partial charge in [0.2, 0.25) is 0 Å². The second-order valence-electron chi connectivity index (χ2n) is 4.37. The van der Waals surface area contributed by atoms with Crippen LogP contribution in [0.25, 0.3) is 0 Å². The van der Waals surface area contributed by atoms with Gasteiger partial charge in [0.1, 0.15) is 5.75 Å². The van der Waals surface area contributed by atoms with E-state index in [0.717, 1.165) is 22.0 Å². The highest BCUT2D eigenvalue weighted by atomic mass is 35.5. The zero-order valence-corrected chi connectivity index (χ0v) is 11.7. The molecule has 0 amide bonds. The van der Waals surface area contributed by atoms with Gasteiger partial charge >= 0.3 is 0 Å². The van der Waals surface area contributed by atoms with Crippen molar-refractivity contribution in [3.8, 4) is 5.75 Å². The van der Waals surface area contributed by atoms with Crippen molar-refractivity contribution in [3.05, 3.63) is 53.1 Å². The quantitative estimate of drug-likeness (QED) is 0.827. The van der Waals surface area contributed by atoms with Crippen molar-refractivity contribution in [1.29, 1.82) is 0 Å². The van der Waals surface area contributed by atoms with Crippen molar-refractivity contribution in [2.75, 3.05) is 18.2 Å². The Morgan fingerprint density at radius 3 is 2.63 bits per heavy atom. The monoisotopic (exact) mass is 276 g/mol. The number of ether oxygens (including phenoxy) is 1. The van der Waals surface area contributed by atoms with Crippen LogP contribution < -0.4 is 15.8 Å². The van der Waals surface area contributed by atoms with Gasteiger partial charge in [-0.25, -0.2) is 0 Å². The zero-order chi connectivity index (χ0) is 13.8. The molecule has 0 aliphatic carbocycles. The summed E-state index contributed by atoms with van der Waals surface area (Å²) < 4.78 is 5.13. The van der Waals surface area contributed by atoms with Crippen LogP contribution in [0.5, 0.6) is 5.75 Å². The Bertz CT molecular complexity index is 572. The lowest BCUT2D eigenvalue weighted by molar-refractivity contribution is 0.415. The molecule has 4 heteroatoms. The van der Waals surface area contributed by atoms with E-state index in [2.05, 4.69) is 12.2 Å². The summed E-state index contributed by atoms with van der Waals surface area (Å²) >= 11 is 5.99. The zero-order valence-electron chi connectivity index (χ0n) is 11.0. The lowest BCUT2D eigenvalue weighted by atomic mass is 10.1. The molecule has 3 N–H and O–H groups in total. The summed E-state index contributed by atoms with van der Waals surface area (Å²) in [5, 5.41) is 4.10. The van der Waals surface area contributed by atoms with Gasteiger partial charge in [-0.2, -0.15) is 0 Å². The number of benzene rings is 2. The Labute approximate surface area is 118 Å². The molecular formula is C15H17ClN2O. The molecule has 1 unspecified atom stereocenters. The van der Waals surface area contributed by atoms with Crippen molar-refractivity contribution < 1.29 is 4.74 Å². The Balaban J connectivity index is 2.17. The van der Waals surface area contributed by atoms with Crippen molar-refractivity contribution in [1.82, 2.24) is 0 Å². The van der Waals surface area contributed by atoms with Crippen LogP contribution in [-0.2, 0) is 0 Å². The average molecular weight is 277 g/mol. The minimum Gasteiger partial charge on any atom is -0.497 e. The molecule has 3 nitrogen and oxygen atoms in total. The summed E-state index contributed by atoms with van der Waals surface area (Å²) in [4.78, 5) is 0. The van der Waals surface area contributed by atoms with Gasteiger partial charge in [-0.15, -0.1) is 0 Å². The number of nitrogens with two attached hydrogens (primary N) is 1. The number of anilines is 2. The summed E-state index contributed by atoms with van der Waals surface area (Å²) in [5.41, 5.74) is 8.64. The fourth-order valence-electron chi connectivity index (χ4n) is 1.89. The number of rotatable bonds is 4. The van der Waals surface area contributed by atoms with Gasteiger partial charge < -0.3 is 15.8 Å². The third-order valence-corrected chi connectivity index (χ3v) is 3.21. The summed E-state index contributed by atoms with van der Waals surface area (Å²) in [6, 6.07) is 13.5. The number of hydrogen-bond donors (Lipinski definition) is 2. The molecule has 0 spiro atoms. The Hall–Kier alpha value is -1.87. The fraction of sp³-hybridized carbons (Fsp3) is 0.200. The second-order valence-corrected chi connectivity index (χ2v) is 4.81. The van der Waals surface area contributed by atoms with Gasteiger partial charge in [0.15, 0.2) is 0 Å². The molecule has 1 atom stereocenters. The third kappa shape index (κ3) is 3.32. The molecule has 0 aliphatic rings. The van der Waals surface area contributed by atoms with Crippen LogP contribution in [-0.4, -0.2) is 7.11 Å². The lowest BCUT2D eigenvalue weighted by Gasteiger charge is -2.18. The molecule has 0 saturated carbocycles. The first-order valence-corrected chi connectivity index (χ1v) is 6.43. The van der Waals surface area contributed by atoms with Crippen LogP contribution in [0.1, 0.15) is 18.5 Å². The molecule has 0 radical (unpaired) electrons. The molecule has 19 heavy (non-hydrogen) atoms. The number of halogens is 1. The van der Waals surface area contributed by atoms with E-state index in [9.17, 15) is 0 Å². The van der Waals surface area contributed by atoms with E-state index in [1.54, 1.807) is 13.2 Å². The van der Waals surface area contributed by atoms with E-state index in [4.69, 9.17) is 22.1 Å². The van der Waals surface area contributed by atoms with Crippen LogP contribution in [0.15, 0.2) is 42.5 Å². The maximum Gasteiger partial charge on any atom is 0.121 e. The van der Waals surface area contributed by atoms with E-state index in [1.807, 2.05) is 36.4 Å². The van der Waals surface area contributed by atoms with Crippen LogP contribution in [0.3, 0.4) is 0 Å². The summed E-state index contributed by atoms with van der Waals surface area (Å²) in [6.07, 6.45) is 0. The average Bonchev–Trinajstić information content (AvgIpc) is 2.41. The highest BCUT2D eigenvalue weighted by Crippen LogP contribution is 2.28. The minimum absolute atomic E-state index is 0.120. The van der Waals surface area contributed by atoms with Crippen molar-refractivity contribution in [2.24, 2.45) is 0 Å². The van der Waals surface area contributed by atoms with Crippen LogP contribution in [0.4, 0.5) is 11.4 Å². The maximum absolute atomic E-state index is 5.99. The minimum atomic E-state index is 0.120.